The van der Waals surface area contributed by atoms with Crippen molar-refractivity contribution in [2.75, 3.05) is 0 Å². The summed E-state index contributed by atoms with van der Waals surface area (Å²) >= 11 is 13.2. The van der Waals surface area contributed by atoms with Crippen molar-refractivity contribution < 1.29 is 4.79 Å². The molecule has 0 aliphatic heterocycles. The highest BCUT2D eigenvalue weighted by molar-refractivity contribution is 8.00. The van der Waals surface area contributed by atoms with E-state index in [-0.39, 0.29) is 11.2 Å². The van der Waals surface area contributed by atoms with Crippen molar-refractivity contribution >= 4 is 40.9 Å². The zero-order valence-corrected chi connectivity index (χ0v) is 11.0. The van der Waals surface area contributed by atoms with Gasteiger partial charge < -0.3 is 0 Å². The van der Waals surface area contributed by atoms with Crippen LogP contribution in [0.4, 0.5) is 0 Å². The molecule has 0 bridgehead atoms. The van der Waals surface area contributed by atoms with Crippen LogP contribution in [0.5, 0.6) is 0 Å². The van der Waals surface area contributed by atoms with Crippen LogP contribution in [0.1, 0.15) is 13.3 Å². The van der Waals surface area contributed by atoms with Crippen molar-refractivity contribution in [1.82, 2.24) is 5.43 Å². The number of carbonyl (C=O) groups excluding carboxylic acids is 1. The molecule has 1 unspecified atom stereocenters. The number of hydrogen-bond donors (Lipinski definition) is 2. The van der Waals surface area contributed by atoms with Gasteiger partial charge in [0.05, 0.1) is 10.0 Å². The van der Waals surface area contributed by atoms with Gasteiger partial charge >= 0.3 is 0 Å². The first-order valence-electron chi connectivity index (χ1n) is 4.64. The molecule has 0 aliphatic rings. The molecule has 0 heterocycles. The molecular formula is C10H12Cl2N2OS. The van der Waals surface area contributed by atoms with Gasteiger partial charge in [-0.15, -0.1) is 11.8 Å². The van der Waals surface area contributed by atoms with Crippen molar-refractivity contribution in [3.63, 3.8) is 0 Å². The number of nitrogens with one attached hydrogen (secondary N) is 1. The summed E-state index contributed by atoms with van der Waals surface area (Å²) in [6, 6.07) is 5.39. The third-order valence-electron chi connectivity index (χ3n) is 1.86. The van der Waals surface area contributed by atoms with Crippen LogP contribution in [0.3, 0.4) is 0 Å². The van der Waals surface area contributed by atoms with E-state index in [4.69, 9.17) is 29.0 Å². The van der Waals surface area contributed by atoms with Crippen molar-refractivity contribution in [3.8, 4) is 0 Å². The molecule has 1 rings (SSSR count). The number of rotatable bonds is 4. The molecule has 1 amide bonds. The van der Waals surface area contributed by atoms with Crippen LogP contribution >= 0.6 is 35.0 Å². The molecule has 1 atom stereocenters. The Hall–Kier alpha value is -0.420. The van der Waals surface area contributed by atoms with Crippen LogP contribution in [0, 0.1) is 0 Å². The topological polar surface area (TPSA) is 55.1 Å². The maximum atomic E-state index is 11.0. The van der Waals surface area contributed by atoms with Crippen LogP contribution in [-0.2, 0) is 4.79 Å². The lowest BCUT2D eigenvalue weighted by atomic mass is 10.3. The number of benzene rings is 1. The van der Waals surface area contributed by atoms with Crippen LogP contribution in [0.25, 0.3) is 0 Å². The predicted molar refractivity (Wildman–Crippen MR) is 68.7 cm³/mol. The molecule has 3 nitrogen and oxygen atoms in total. The van der Waals surface area contributed by atoms with Gasteiger partial charge in [0.2, 0.25) is 5.91 Å². The molecule has 88 valence electrons. The van der Waals surface area contributed by atoms with Gasteiger partial charge in [0.1, 0.15) is 0 Å². The minimum atomic E-state index is -0.180. The fourth-order valence-electron chi connectivity index (χ4n) is 1.14. The van der Waals surface area contributed by atoms with E-state index in [9.17, 15) is 4.79 Å². The quantitative estimate of drug-likeness (QED) is 0.385. The summed E-state index contributed by atoms with van der Waals surface area (Å²) in [6.45, 7) is 1.95. The third-order valence-corrected chi connectivity index (χ3v) is 3.70. The van der Waals surface area contributed by atoms with Crippen molar-refractivity contribution in [1.29, 1.82) is 0 Å². The molecule has 6 heteroatoms. The highest BCUT2D eigenvalue weighted by atomic mass is 35.5. The highest BCUT2D eigenvalue weighted by Crippen LogP contribution is 2.30. The van der Waals surface area contributed by atoms with Crippen LogP contribution in [0.2, 0.25) is 10.0 Å². The normalized spacial score (nSPS) is 12.2. The standard InChI is InChI=1S/C10H12Cl2N2OS/c1-6(4-10(15)14-13)16-7-2-3-8(11)9(12)5-7/h2-3,5-6H,4,13H2,1H3,(H,14,15). The smallest absolute Gasteiger partial charge is 0.234 e. The molecule has 1 aromatic carbocycles. The van der Waals surface area contributed by atoms with E-state index in [1.807, 2.05) is 13.0 Å². The highest BCUT2D eigenvalue weighted by Gasteiger charge is 2.10. The van der Waals surface area contributed by atoms with Gasteiger partial charge in [-0.1, -0.05) is 30.1 Å². The third kappa shape index (κ3) is 4.22. The van der Waals surface area contributed by atoms with Gasteiger partial charge in [0.15, 0.2) is 0 Å². The number of halogens is 2. The Kier molecular flexibility index (Phi) is 5.41. The first-order valence-corrected chi connectivity index (χ1v) is 6.27. The summed E-state index contributed by atoms with van der Waals surface area (Å²) in [6.07, 6.45) is 0.363. The molecule has 3 N–H and O–H groups in total. The van der Waals surface area contributed by atoms with Crippen LogP contribution in [-0.4, -0.2) is 11.2 Å². The van der Waals surface area contributed by atoms with Gasteiger partial charge in [0, 0.05) is 16.6 Å². The van der Waals surface area contributed by atoms with E-state index >= 15 is 0 Å². The fraction of sp³-hybridized carbons (Fsp3) is 0.300. The average Bonchev–Trinajstić information content (AvgIpc) is 2.23. The zero-order chi connectivity index (χ0) is 12.1. The van der Waals surface area contributed by atoms with E-state index in [0.29, 0.717) is 16.5 Å². The lowest BCUT2D eigenvalue weighted by Gasteiger charge is -2.10. The Labute approximate surface area is 109 Å². The lowest BCUT2D eigenvalue weighted by Crippen LogP contribution is -2.31. The summed E-state index contributed by atoms with van der Waals surface area (Å²) in [4.78, 5) is 12.0. The molecule has 0 fully saturated rings. The van der Waals surface area contributed by atoms with Crippen molar-refractivity contribution in [2.45, 2.75) is 23.5 Å². The number of nitrogens with two attached hydrogens (primary N) is 1. The molecule has 1 aromatic rings. The minimum Gasteiger partial charge on any atom is -0.294 e. The molecule has 0 saturated carbocycles. The molecular weight excluding hydrogens is 267 g/mol. The minimum absolute atomic E-state index is 0.126. The van der Waals surface area contributed by atoms with E-state index < -0.39 is 0 Å². The fourth-order valence-corrected chi connectivity index (χ4v) is 2.54. The first-order chi connectivity index (χ1) is 7.52. The molecule has 0 saturated heterocycles. The number of carbonyl (C=O) groups is 1. The van der Waals surface area contributed by atoms with E-state index in [2.05, 4.69) is 5.43 Å². The van der Waals surface area contributed by atoms with Gasteiger partial charge in [-0.2, -0.15) is 0 Å². The molecule has 0 aromatic heterocycles. The Morgan fingerprint density at radius 2 is 2.19 bits per heavy atom. The second-order valence-corrected chi connectivity index (χ2v) is 5.60. The number of thioether (sulfide) groups is 1. The van der Waals surface area contributed by atoms with Gasteiger partial charge in [-0.05, 0) is 18.2 Å². The summed E-state index contributed by atoms with van der Waals surface area (Å²) < 4.78 is 0. The van der Waals surface area contributed by atoms with Crippen LogP contribution < -0.4 is 11.3 Å². The molecule has 16 heavy (non-hydrogen) atoms. The summed E-state index contributed by atoms with van der Waals surface area (Å²) in [7, 11) is 0. The van der Waals surface area contributed by atoms with Gasteiger partial charge in [-0.3, -0.25) is 10.2 Å². The molecule has 0 aliphatic carbocycles. The molecule has 0 spiro atoms. The second-order valence-electron chi connectivity index (χ2n) is 3.28. The Bertz CT molecular complexity index is 387. The number of amides is 1. The monoisotopic (exact) mass is 278 g/mol. The summed E-state index contributed by atoms with van der Waals surface area (Å²) in [5, 5.41) is 1.17. The first kappa shape index (κ1) is 13.6. The van der Waals surface area contributed by atoms with E-state index in [0.717, 1.165) is 4.90 Å². The maximum Gasteiger partial charge on any atom is 0.234 e. The zero-order valence-electron chi connectivity index (χ0n) is 8.67. The molecule has 0 radical (unpaired) electrons. The SMILES string of the molecule is CC(CC(=O)NN)Sc1ccc(Cl)c(Cl)c1. The van der Waals surface area contributed by atoms with Gasteiger partial charge in [-0.25, -0.2) is 5.84 Å². The van der Waals surface area contributed by atoms with E-state index in [1.54, 1.807) is 23.9 Å². The largest absolute Gasteiger partial charge is 0.294 e. The summed E-state index contributed by atoms with van der Waals surface area (Å²) in [5.74, 6) is 4.83. The number of hydrogen-bond acceptors (Lipinski definition) is 3. The Morgan fingerprint density at radius 3 is 2.75 bits per heavy atom. The number of hydrazine groups is 1. The van der Waals surface area contributed by atoms with E-state index in [1.165, 1.54) is 0 Å². The van der Waals surface area contributed by atoms with Gasteiger partial charge in [0.25, 0.3) is 0 Å². The Balaban J connectivity index is 2.59. The lowest BCUT2D eigenvalue weighted by molar-refractivity contribution is -0.121. The van der Waals surface area contributed by atoms with Crippen LogP contribution in [0.15, 0.2) is 23.1 Å². The van der Waals surface area contributed by atoms with Crippen molar-refractivity contribution in [3.05, 3.63) is 28.2 Å². The Morgan fingerprint density at radius 1 is 1.50 bits per heavy atom. The van der Waals surface area contributed by atoms with Crippen molar-refractivity contribution in [2.24, 2.45) is 5.84 Å². The predicted octanol–water partition coefficient (Wildman–Crippen LogP) is 2.85. The maximum absolute atomic E-state index is 11.0. The summed E-state index contributed by atoms with van der Waals surface area (Å²) in [5.41, 5.74) is 2.10. The second kappa shape index (κ2) is 6.35. The average molecular weight is 279 g/mol.